The molecule has 0 atom stereocenters. The molecule has 2 N–H and O–H groups in total. The summed E-state index contributed by atoms with van der Waals surface area (Å²) in [5.74, 6) is -0.430. The Morgan fingerprint density at radius 3 is 2.13 bits per heavy atom. The summed E-state index contributed by atoms with van der Waals surface area (Å²) in [5.41, 5.74) is 1.41. The quantitative estimate of drug-likeness (QED) is 0.872. The van der Waals surface area contributed by atoms with E-state index < -0.39 is 0 Å². The molecule has 3 rings (SSSR count). The van der Waals surface area contributed by atoms with Gasteiger partial charge in [-0.15, -0.1) is 0 Å². The van der Waals surface area contributed by atoms with Gasteiger partial charge in [-0.2, -0.15) is 0 Å². The first kappa shape index (κ1) is 15.8. The van der Waals surface area contributed by atoms with Crippen LogP contribution in [0.3, 0.4) is 0 Å². The molecule has 6 heteroatoms. The Balaban J connectivity index is 1.69. The molecule has 0 unspecified atom stereocenters. The molecule has 118 valence electrons. The Bertz CT molecular complexity index is 756. The van der Waals surface area contributed by atoms with Crippen molar-refractivity contribution in [3.8, 4) is 0 Å². The van der Waals surface area contributed by atoms with Crippen LogP contribution in [0.25, 0.3) is 0 Å². The Kier molecular flexibility index (Phi) is 4.55. The van der Waals surface area contributed by atoms with Crippen molar-refractivity contribution in [1.29, 1.82) is 0 Å². The molecule has 1 fully saturated rings. The van der Waals surface area contributed by atoms with Crippen LogP contribution in [0.4, 0.5) is 5.69 Å². The van der Waals surface area contributed by atoms with Gasteiger partial charge in [-0.1, -0.05) is 29.3 Å². The number of benzene rings is 2. The number of rotatable bonds is 4. The van der Waals surface area contributed by atoms with Crippen LogP contribution >= 0.6 is 23.2 Å². The predicted molar refractivity (Wildman–Crippen MR) is 91.3 cm³/mol. The minimum atomic E-state index is -0.316. The number of halogens is 2. The Hall–Kier alpha value is -2.04. The fourth-order valence-corrected chi connectivity index (χ4v) is 2.41. The van der Waals surface area contributed by atoms with E-state index in [2.05, 4.69) is 10.6 Å². The van der Waals surface area contributed by atoms with Gasteiger partial charge in [0.1, 0.15) is 0 Å². The van der Waals surface area contributed by atoms with Crippen molar-refractivity contribution in [3.05, 3.63) is 63.6 Å². The van der Waals surface area contributed by atoms with Gasteiger partial charge in [0.15, 0.2) is 0 Å². The number of nitrogens with one attached hydrogen (secondary N) is 2. The largest absolute Gasteiger partial charge is 0.349 e. The number of hydrogen-bond donors (Lipinski definition) is 2. The second-order valence-electron chi connectivity index (χ2n) is 5.38. The maximum absolute atomic E-state index is 12.2. The number of carbonyl (C=O) groups excluding carboxylic acids is 2. The molecule has 0 bridgehead atoms. The Morgan fingerprint density at radius 2 is 1.52 bits per heavy atom. The average molecular weight is 349 g/mol. The van der Waals surface area contributed by atoms with E-state index in [1.165, 1.54) is 0 Å². The van der Waals surface area contributed by atoms with Crippen molar-refractivity contribution in [1.82, 2.24) is 5.32 Å². The van der Waals surface area contributed by atoms with Crippen LogP contribution in [0.2, 0.25) is 10.0 Å². The number of anilines is 1. The van der Waals surface area contributed by atoms with Crippen LogP contribution in [0.1, 0.15) is 33.6 Å². The van der Waals surface area contributed by atoms with Gasteiger partial charge in [-0.25, -0.2) is 0 Å². The Morgan fingerprint density at radius 1 is 0.913 bits per heavy atom. The topological polar surface area (TPSA) is 58.2 Å². The highest BCUT2D eigenvalue weighted by Crippen LogP contribution is 2.29. The van der Waals surface area contributed by atoms with Crippen molar-refractivity contribution in [3.63, 3.8) is 0 Å². The van der Waals surface area contributed by atoms with Gasteiger partial charge in [0, 0.05) is 17.2 Å². The molecule has 1 aliphatic carbocycles. The van der Waals surface area contributed by atoms with E-state index >= 15 is 0 Å². The van der Waals surface area contributed by atoms with Crippen molar-refractivity contribution in [2.75, 3.05) is 5.32 Å². The minimum absolute atomic E-state index is 0.114. The third-order valence-electron chi connectivity index (χ3n) is 3.52. The molecule has 4 nitrogen and oxygen atoms in total. The van der Waals surface area contributed by atoms with E-state index in [0.717, 1.165) is 12.8 Å². The first-order valence-corrected chi connectivity index (χ1v) is 7.96. The molecular formula is C17H14Cl2N2O2. The average Bonchev–Trinajstić information content (AvgIpc) is 3.36. The third kappa shape index (κ3) is 3.84. The lowest BCUT2D eigenvalue weighted by Crippen LogP contribution is -2.25. The van der Waals surface area contributed by atoms with Crippen LogP contribution in [0, 0.1) is 0 Å². The maximum atomic E-state index is 12.2. The Labute approximate surface area is 143 Å². The molecule has 2 amide bonds. The lowest BCUT2D eigenvalue weighted by Gasteiger charge is -2.09. The SMILES string of the molecule is O=C(Nc1cccc(Cl)c1Cl)c1ccc(C(=O)NC2CC2)cc1. The monoisotopic (exact) mass is 348 g/mol. The molecule has 0 radical (unpaired) electrons. The summed E-state index contributed by atoms with van der Waals surface area (Å²) < 4.78 is 0. The van der Waals surface area contributed by atoms with Gasteiger partial charge in [0.2, 0.25) is 0 Å². The summed E-state index contributed by atoms with van der Waals surface area (Å²) in [6.45, 7) is 0. The number of carbonyl (C=O) groups is 2. The standard InChI is InChI=1S/C17H14Cl2N2O2/c18-13-2-1-3-14(15(13)19)21-17(23)11-6-4-10(5-7-11)16(22)20-12-8-9-12/h1-7,12H,8-9H2,(H,20,22)(H,21,23). The number of hydrogen-bond acceptors (Lipinski definition) is 2. The molecule has 0 saturated heterocycles. The summed E-state index contributed by atoms with van der Waals surface area (Å²) in [5, 5.41) is 6.27. The molecule has 23 heavy (non-hydrogen) atoms. The zero-order chi connectivity index (χ0) is 16.4. The van der Waals surface area contributed by atoms with Gasteiger partial charge in [-0.05, 0) is 49.2 Å². The van der Waals surface area contributed by atoms with Gasteiger partial charge < -0.3 is 10.6 Å². The van der Waals surface area contributed by atoms with Gasteiger partial charge in [0.25, 0.3) is 11.8 Å². The first-order valence-electron chi connectivity index (χ1n) is 7.21. The van der Waals surface area contributed by atoms with E-state index in [1.807, 2.05) is 0 Å². The predicted octanol–water partition coefficient (Wildman–Crippen LogP) is 4.14. The molecule has 1 aliphatic rings. The summed E-state index contributed by atoms with van der Waals surface area (Å²) in [6, 6.07) is 11.8. The van der Waals surface area contributed by atoms with E-state index in [-0.39, 0.29) is 11.8 Å². The van der Waals surface area contributed by atoms with Crippen molar-refractivity contribution in [2.45, 2.75) is 18.9 Å². The fraction of sp³-hybridized carbons (Fsp3) is 0.176. The van der Waals surface area contributed by atoms with Crippen LogP contribution in [0.5, 0.6) is 0 Å². The summed E-state index contributed by atoms with van der Waals surface area (Å²) >= 11 is 12.0. The molecule has 0 aromatic heterocycles. The van der Waals surface area contributed by atoms with E-state index in [9.17, 15) is 9.59 Å². The van der Waals surface area contributed by atoms with Crippen LogP contribution in [0.15, 0.2) is 42.5 Å². The van der Waals surface area contributed by atoms with Crippen LogP contribution in [-0.2, 0) is 0 Å². The van der Waals surface area contributed by atoms with Crippen LogP contribution in [-0.4, -0.2) is 17.9 Å². The zero-order valence-corrected chi connectivity index (χ0v) is 13.6. The van der Waals surface area contributed by atoms with E-state index in [0.29, 0.717) is 32.9 Å². The number of amides is 2. The van der Waals surface area contributed by atoms with E-state index in [4.69, 9.17) is 23.2 Å². The molecule has 0 spiro atoms. The second kappa shape index (κ2) is 6.60. The van der Waals surface area contributed by atoms with Gasteiger partial charge >= 0.3 is 0 Å². The highest BCUT2D eigenvalue weighted by Gasteiger charge is 2.23. The highest BCUT2D eigenvalue weighted by molar-refractivity contribution is 6.44. The molecule has 2 aromatic carbocycles. The normalized spacial score (nSPS) is 13.5. The molecule has 1 saturated carbocycles. The van der Waals surface area contributed by atoms with Crippen molar-refractivity contribution < 1.29 is 9.59 Å². The fourth-order valence-electron chi connectivity index (χ4n) is 2.06. The maximum Gasteiger partial charge on any atom is 0.255 e. The van der Waals surface area contributed by atoms with Gasteiger partial charge in [-0.3, -0.25) is 9.59 Å². The van der Waals surface area contributed by atoms with Gasteiger partial charge in [0.05, 0.1) is 15.7 Å². The summed E-state index contributed by atoms with van der Waals surface area (Å²) in [4.78, 5) is 24.1. The van der Waals surface area contributed by atoms with E-state index in [1.54, 1.807) is 42.5 Å². The summed E-state index contributed by atoms with van der Waals surface area (Å²) in [6.07, 6.45) is 2.07. The first-order chi connectivity index (χ1) is 11.0. The molecule has 0 heterocycles. The van der Waals surface area contributed by atoms with Crippen molar-refractivity contribution in [2.24, 2.45) is 0 Å². The zero-order valence-electron chi connectivity index (χ0n) is 12.1. The third-order valence-corrected chi connectivity index (χ3v) is 4.34. The minimum Gasteiger partial charge on any atom is -0.349 e. The lowest BCUT2D eigenvalue weighted by molar-refractivity contribution is 0.0949. The highest BCUT2D eigenvalue weighted by atomic mass is 35.5. The van der Waals surface area contributed by atoms with Crippen molar-refractivity contribution >= 4 is 40.7 Å². The second-order valence-corrected chi connectivity index (χ2v) is 6.17. The molecular weight excluding hydrogens is 335 g/mol. The lowest BCUT2D eigenvalue weighted by atomic mass is 10.1. The molecule has 0 aliphatic heterocycles. The summed E-state index contributed by atoms with van der Waals surface area (Å²) in [7, 11) is 0. The smallest absolute Gasteiger partial charge is 0.255 e. The molecule has 2 aromatic rings. The van der Waals surface area contributed by atoms with Crippen LogP contribution < -0.4 is 10.6 Å².